The molecule has 5 heterocycles. The summed E-state index contributed by atoms with van der Waals surface area (Å²) in [6.07, 6.45) is 19.9. The van der Waals surface area contributed by atoms with Gasteiger partial charge in [-0.1, -0.05) is 80.6 Å². The van der Waals surface area contributed by atoms with Crippen LogP contribution < -0.4 is 29.3 Å². The van der Waals surface area contributed by atoms with Crippen LogP contribution in [0.3, 0.4) is 0 Å². The summed E-state index contributed by atoms with van der Waals surface area (Å²) in [5.74, 6) is -1.13. The number of benzene rings is 9. The Hall–Kier alpha value is -11.8. The van der Waals surface area contributed by atoms with Gasteiger partial charge in [0.25, 0.3) is 23.6 Å². The molecule has 19 nitrogen and oxygen atoms in total. The lowest BCUT2D eigenvalue weighted by molar-refractivity contribution is 0.0535. The number of aromatic carboxylic acids is 1. The third-order valence-corrected chi connectivity index (χ3v) is 23.9. The Morgan fingerprint density at radius 3 is 1.01 bits per heavy atom. The molecule has 0 spiro atoms. The minimum atomic E-state index is -1.09. The van der Waals surface area contributed by atoms with Crippen LogP contribution in [-0.2, 0) is 11.3 Å². The highest BCUT2D eigenvalue weighted by atomic mass is 19.1. The van der Waals surface area contributed by atoms with Gasteiger partial charge in [-0.15, -0.1) is 0 Å². The third-order valence-electron chi connectivity index (χ3n) is 23.9. The number of carboxylic acids is 1. The van der Waals surface area contributed by atoms with Gasteiger partial charge < -0.3 is 63.7 Å². The van der Waals surface area contributed by atoms with Gasteiger partial charge >= 0.3 is 12.1 Å². The van der Waals surface area contributed by atoms with Crippen molar-refractivity contribution in [2.75, 3.05) is 115 Å². The number of rotatable bonds is 18. The molecule has 124 heavy (non-hydrogen) atoms. The number of halogens is 5. The van der Waals surface area contributed by atoms with E-state index in [1.807, 2.05) is 96.4 Å². The number of carbonyl (C=O) groups excluding carboxylic acids is 5. The number of anilines is 2. The fourth-order valence-corrected chi connectivity index (χ4v) is 17.1. The van der Waals surface area contributed by atoms with Crippen LogP contribution in [0.2, 0.25) is 0 Å². The molecular weight excluding hydrogens is 1580 g/mol. The van der Waals surface area contributed by atoms with E-state index in [1.165, 1.54) is 86.3 Å². The molecular formula is C100H113F5N8O11. The van der Waals surface area contributed by atoms with Crippen LogP contribution in [0.5, 0.6) is 17.2 Å². The normalized spacial score (nSPS) is 16.9. The fourth-order valence-electron chi connectivity index (χ4n) is 17.1. The van der Waals surface area contributed by atoms with Crippen molar-refractivity contribution < 1.29 is 74.8 Å². The first-order valence-electron chi connectivity index (χ1n) is 44.3. The summed E-state index contributed by atoms with van der Waals surface area (Å²) in [7, 11) is 0. The van der Waals surface area contributed by atoms with Crippen molar-refractivity contribution in [2.24, 2.45) is 0 Å². The van der Waals surface area contributed by atoms with E-state index in [-0.39, 0.29) is 77.7 Å². The molecule has 0 bridgehead atoms. The van der Waals surface area contributed by atoms with Crippen LogP contribution in [0.25, 0.3) is 33.4 Å². The second kappa shape index (κ2) is 44.5. The topological polar surface area (TPSA) is 194 Å². The monoisotopic (exact) mass is 1700 g/mol. The summed E-state index contributed by atoms with van der Waals surface area (Å²) in [5, 5.41) is 12.1. The number of piperazine rings is 3. The van der Waals surface area contributed by atoms with Crippen molar-refractivity contribution in [3.63, 3.8) is 0 Å². The first-order valence-corrected chi connectivity index (χ1v) is 44.3. The van der Waals surface area contributed by atoms with Crippen molar-refractivity contribution >= 4 is 47.1 Å². The van der Waals surface area contributed by atoms with E-state index in [9.17, 15) is 50.7 Å². The molecule has 5 amide bonds. The van der Waals surface area contributed by atoms with Gasteiger partial charge in [-0.25, -0.2) is 31.5 Å². The first kappa shape index (κ1) is 90.0. The van der Waals surface area contributed by atoms with Gasteiger partial charge in [0.15, 0.2) is 0 Å². The van der Waals surface area contributed by atoms with E-state index in [2.05, 4.69) is 10.2 Å². The summed E-state index contributed by atoms with van der Waals surface area (Å²) in [4.78, 5) is 89.3. The Morgan fingerprint density at radius 2 is 0.653 bits per heavy atom. The van der Waals surface area contributed by atoms with Gasteiger partial charge in [0, 0.05) is 155 Å². The molecule has 3 saturated carbocycles. The number of carbonyl (C=O) groups is 6. The number of piperidine rings is 2. The lowest BCUT2D eigenvalue weighted by Crippen LogP contribution is -2.50. The van der Waals surface area contributed by atoms with Crippen LogP contribution in [0.15, 0.2) is 194 Å². The number of hydrogen-bond acceptors (Lipinski definition) is 13. The maximum atomic E-state index is 14.5. The van der Waals surface area contributed by atoms with Gasteiger partial charge in [-0.3, -0.25) is 19.2 Å². The quantitative estimate of drug-likeness (QED) is 0.0770. The van der Waals surface area contributed by atoms with Crippen LogP contribution >= 0.6 is 0 Å². The Balaban J connectivity index is 0.000000148. The highest BCUT2D eigenvalue weighted by Gasteiger charge is 2.32. The molecule has 9 aromatic carbocycles. The molecule has 8 fully saturated rings. The third kappa shape index (κ3) is 24.6. The minimum absolute atomic E-state index is 0.0144. The number of hydrogen-bond donors (Lipinski definition) is 2. The number of nitrogens with one attached hydrogen (secondary N) is 1. The molecule has 2 N–H and O–H groups in total. The zero-order valence-electron chi connectivity index (χ0n) is 71.0. The van der Waals surface area contributed by atoms with Crippen LogP contribution in [0.1, 0.15) is 187 Å². The van der Waals surface area contributed by atoms with Gasteiger partial charge in [0.2, 0.25) is 0 Å². The lowest BCUT2D eigenvalue weighted by atomic mass is 10.0. The van der Waals surface area contributed by atoms with Crippen LogP contribution in [-0.4, -0.2) is 188 Å². The fraction of sp³-hybridized carbons (Fsp3) is 0.400. The zero-order valence-corrected chi connectivity index (χ0v) is 71.0. The van der Waals surface area contributed by atoms with E-state index < -0.39 is 17.6 Å². The van der Waals surface area contributed by atoms with Gasteiger partial charge in [-0.05, 0) is 265 Å². The molecule has 24 heteroatoms. The van der Waals surface area contributed by atoms with E-state index in [0.29, 0.717) is 105 Å². The highest BCUT2D eigenvalue weighted by Crippen LogP contribution is 2.40. The molecule has 0 radical (unpaired) electrons. The van der Waals surface area contributed by atoms with Crippen molar-refractivity contribution in [3.8, 4) is 50.6 Å². The van der Waals surface area contributed by atoms with Crippen molar-refractivity contribution in [2.45, 2.75) is 154 Å². The maximum absolute atomic E-state index is 14.5. The number of carboxylic acid groups (broad SMARTS) is 1. The summed E-state index contributed by atoms with van der Waals surface area (Å²) in [6.45, 7) is 13.9. The van der Waals surface area contributed by atoms with Crippen LogP contribution in [0.4, 0.5) is 38.1 Å². The molecule has 8 aliphatic rings. The van der Waals surface area contributed by atoms with Gasteiger partial charge in [0.1, 0.15) is 52.9 Å². The molecule has 0 atom stereocenters. The van der Waals surface area contributed by atoms with Crippen LogP contribution in [0, 0.1) is 29.1 Å². The highest BCUT2D eigenvalue weighted by molar-refractivity contribution is 5.99. The molecule has 17 rings (SSSR count). The Bertz CT molecular complexity index is 5030. The molecule has 0 unspecified atom stereocenters. The second-order valence-corrected chi connectivity index (χ2v) is 32.5. The summed E-state index contributed by atoms with van der Waals surface area (Å²) in [5.41, 5.74) is 9.27. The van der Waals surface area contributed by atoms with E-state index in [0.717, 1.165) is 186 Å². The Kier molecular flexibility index (Phi) is 32.3. The van der Waals surface area contributed by atoms with Crippen molar-refractivity contribution in [1.29, 1.82) is 0 Å². The minimum Gasteiger partial charge on any atom is -0.490 e. The largest absolute Gasteiger partial charge is 0.490 e. The first-order chi connectivity index (χ1) is 60.4. The second-order valence-electron chi connectivity index (χ2n) is 32.5. The number of nitrogens with zero attached hydrogens (tertiary/aromatic N) is 7. The summed E-state index contributed by atoms with van der Waals surface area (Å²) < 4.78 is 92.7. The molecule has 0 aromatic heterocycles. The van der Waals surface area contributed by atoms with Crippen molar-refractivity contribution in [3.05, 3.63) is 257 Å². The number of ether oxygens (including phenoxy) is 4. The smallest absolute Gasteiger partial charge is 0.410 e. The Labute approximate surface area is 724 Å². The average molecular weight is 1700 g/mol. The van der Waals surface area contributed by atoms with E-state index in [1.54, 1.807) is 74.2 Å². The molecule has 9 aromatic rings. The zero-order chi connectivity index (χ0) is 86.9. The average Bonchev–Trinajstić information content (AvgIpc) is 0.889. The Morgan fingerprint density at radius 1 is 0.331 bits per heavy atom. The maximum Gasteiger partial charge on any atom is 0.410 e. The predicted molar refractivity (Wildman–Crippen MR) is 472 cm³/mol. The molecule has 5 aliphatic heterocycles. The predicted octanol–water partition coefficient (Wildman–Crippen LogP) is 19.9. The molecule has 5 saturated heterocycles. The lowest BCUT2D eigenvalue weighted by Gasteiger charge is -2.35. The van der Waals surface area contributed by atoms with Gasteiger partial charge in [-0.2, -0.15) is 0 Å². The molecule has 654 valence electrons. The van der Waals surface area contributed by atoms with Crippen molar-refractivity contribution in [1.82, 2.24) is 29.8 Å². The summed E-state index contributed by atoms with van der Waals surface area (Å²) >= 11 is 0. The SMILES string of the molecule is CC.O=C(O)c1cc(F)cc(N2CCCCC2)c1.O=C(OCc1ccccc1)N1CCN(C(=O)c2ccc(OC3CCCC3)c(-c3ccc(F)cc3)c2)CC1.O=C(c1cc(F)cc(N2CCCCC2)c1)N1CCN(C(=O)c2ccc(OC3CCCC3)c(-c3ccc(F)cc3)c2)CC1.O=C(c1ccc(OC2CCCC2)c(-c2ccc(F)cc2)c1)N1CCNCC1. The van der Waals surface area contributed by atoms with E-state index in [4.69, 9.17) is 24.1 Å². The molecule has 3 aliphatic carbocycles. The van der Waals surface area contributed by atoms with E-state index >= 15 is 0 Å². The number of amides is 5. The summed E-state index contributed by atoms with van der Waals surface area (Å²) in [6, 6.07) is 53.5. The van der Waals surface area contributed by atoms with Gasteiger partial charge in [0.05, 0.1) is 23.9 Å². The standard InChI is InChI=1S/C34H37F2N3O3.C30H31FN2O4.C22H25FN2O2.C12H14FNO2.C2H6/c35-27-11-8-24(9-12-27)31-22-25(10-13-32(31)42-30-6-2-3-7-30)33(40)38-16-18-39(19-17-38)34(41)26-20-28(36)23-29(21-26)37-14-4-1-5-15-37;31-25-13-10-23(11-14-25)27-20-24(12-15-28(27)37-26-8-4-5-9-26)29(34)32-16-18-33(19-17-32)30(35)36-21-22-6-2-1-3-7-22;23-18-8-5-16(6-9-18)20-15-17(22(26)25-13-11-24-12-14-25)7-10-21(20)27-19-3-1-2-4-19;13-10-6-9(12(15)16)7-11(8-10)14-4-2-1-3-5-14;1-2/h8-13,20-23,30H,1-7,14-19H2;1-3,6-7,10-15,20,26H,4-5,8-9,16-19,21H2;5-10,15,19,24H,1-4,11-14H2;6-8H,1-5H2,(H,15,16);1-2H3.